The van der Waals surface area contributed by atoms with Crippen LogP contribution in [-0.4, -0.2) is 65.3 Å². The summed E-state index contributed by atoms with van der Waals surface area (Å²) in [5.74, 6) is 1.55. The van der Waals surface area contributed by atoms with Gasteiger partial charge in [0.1, 0.15) is 5.82 Å². The van der Waals surface area contributed by atoms with Gasteiger partial charge >= 0.3 is 0 Å². The van der Waals surface area contributed by atoms with E-state index >= 15 is 0 Å². The molecule has 2 aliphatic rings. The second-order valence-corrected chi connectivity index (χ2v) is 7.54. The monoisotopic (exact) mass is 382 g/mol. The summed E-state index contributed by atoms with van der Waals surface area (Å²) in [6, 6.07) is 8.36. The van der Waals surface area contributed by atoms with E-state index < -0.39 is 0 Å². The molecular weight excluding hydrogens is 352 g/mol. The van der Waals surface area contributed by atoms with E-state index in [1.165, 1.54) is 32.1 Å². The van der Waals surface area contributed by atoms with Crippen LogP contribution in [0.3, 0.4) is 0 Å². The summed E-state index contributed by atoms with van der Waals surface area (Å²) < 4.78 is 5.42. The van der Waals surface area contributed by atoms with Gasteiger partial charge in [-0.3, -0.25) is 9.88 Å². The fraction of sp³-hybridized carbons (Fsp3) is 0.571. The molecule has 0 atom stereocenters. The van der Waals surface area contributed by atoms with E-state index in [9.17, 15) is 0 Å². The summed E-state index contributed by atoms with van der Waals surface area (Å²) >= 11 is 0. The summed E-state index contributed by atoms with van der Waals surface area (Å²) in [5.41, 5.74) is 1.72. The zero-order valence-electron chi connectivity index (χ0n) is 16.4. The topological polar surface area (TPSA) is 75.2 Å². The Morgan fingerprint density at radius 3 is 2.68 bits per heavy atom. The molecule has 0 bridgehead atoms. The first-order valence-electron chi connectivity index (χ1n) is 10.5. The minimum Gasteiger partial charge on any atom is -0.379 e. The van der Waals surface area contributed by atoms with Gasteiger partial charge in [0.25, 0.3) is 0 Å². The van der Waals surface area contributed by atoms with Gasteiger partial charge < -0.3 is 15.4 Å². The Hall–Kier alpha value is -2.25. The molecule has 3 heterocycles. The maximum absolute atomic E-state index is 5.42. The van der Waals surface area contributed by atoms with Crippen LogP contribution in [0.4, 0.5) is 11.8 Å². The molecule has 2 fully saturated rings. The maximum Gasteiger partial charge on any atom is 0.225 e. The Morgan fingerprint density at radius 1 is 1.04 bits per heavy atom. The van der Waals surface area contributed by atoms with Crippen LogP contribution < -0.4 is 10.6 Å². The Labute approximate surface area is 166 Å². The molecule has 28 heavy (non-hydrogen) atoms. The van der Waals surface area contributed by atoms with Crippen LogP contribution in [0.15, 0.2) is 30.5 Å². The quantitative estimate of drug-likeness (QED) is 0.762. The highest BCUT2D eigenvalue weighted by Crippen LogP contribution is 2.23. The lowest BCUT2D eigenvalue weighted by molar-refractivity contribution is 0.0398. The molecule has 2 aromatic rings. The van der Waals surface area contributed by atoms with Crippen molar-refractivity contribution in [1.29, 1.82) is 0 Å². The molecule has 1 aliphatic heterocycles. The standard InChI is InChI=1S/C21H30N6O/c1-2-6-17(7-3-1)24-21-25-19(18-8-4-5-9-22-18)16-20(26-21)23-10-11-27-12-14-28-15-13-27/h4-5,8-9,16-17H,1-3,6-7,10-15H2,(H2,23,24,25,26). The second kappa shape index (κ2) is 9.80. The molecule has 0 amide bonds. The zero-order chi connectivity index (χ0) is 19.0. The highest BCUT2D eigenvalue weighted by molar-refractivity contribution is 5.61. The van der Waals surface area contributed by atoms with Crippen LogP contribution in [0.5, 0.6) is 0 Å². The van der Waals surface area contributed by atoms with Crippen molar-refractivity contribution in [3.8, 4) is 11.4 Å². The van der Waals surface area contributed by atoms with Gasteiger partial charge in [-0.15, -0.1) is 0 Å². The van der Waals surface area contributed by atoms with Gasteiger partial charge in [0.15, 0.2) is 0 Å². The molecule has 7 heteroatoms. The molecular formula is C21H30N6O. The van der Waals surface area contributed by atoms with Crippen molar-refractivity contribution >= 4 is 11.8 Å². The van der Waals surface area contributed by atoms with E-state index in [0.29, 0.717) is 12.0 Å². The first kappa shape index (κ1) is 19.1. The van der Waals surface area contributed by atoms with Crippen LogP contribution in [0.25, 0.3) is 11.4 Å². The van der Waals surface area contributed by atoms with Crippen LogP contribution in [0.2, 0.25) is 0 Å². The highest BCUT2D eigenvalue weighted by Gasteiger charge is 2.16. The number of nitrogens with zero attached hydrogens (tertiary/aromatic N) is 4. The third kappa shape index (κ3) is 5.39. The van der Waals surface area contributed by atoms with Crippen LogP contribution in [0.1, 0.15) is 32.1 Å². The molecule has 2 aromatic heterocycles. The Morgan fingerprint density at radius 2 is 1.89 bits per heavy atom. The Kier molecular flexibility index (Phi) is 6.68. The number of rotatable bonds is 7. The largest absolute Gasteiger partial charge is 0.379 e. The van der Waals surface area contributed by atoms with Gasteiger partial charge in [-0.2, -0.15) is 4.98 Å². The van der Waals surface area contributed by atoms with E-state index in [-0.39, 0.29) is 0 Å². The number of aromatic nitrogens is 3. The van der Waals surface area contributed by atoms with Crippen molar-refractivity contribution < 1.29 is 4.74 Å². The fourth-order valence-electron chi connectivity index (χ4n) is 3.84. The lowest BCUT2D eigenvalue weighted by atomic mass is 9.96. The molecule has 0 aromatic carbocycles. The SMILES string of the molecule is c1ccc(-c2cc(NCCN3CCOCC3)nc(NC3CCCCC3)n2)nc1. The molecule has 1 saturated carbocycles. The lowest BCUT2D eigenvalue weighted by Gasteiger charge is -2.26. The van der Waals surface area contributed by atoms with Crippen molar-refractivity contribution in [3.05, 3.63) is 30.5 Å². The van der Waals surface area contributed by atoms with Crippen molar-refractivity contribution in [2.75, 3.05) is 50.0 Å². The summed E-state index contributed by atoms with van der Waals surface area (Å²) in [6.45, 7) is 5.48. The molecule has 2 N–H and O–H groups in total. The fourth-order valence-corrected chi connectivity index (χ4v) is 3.84. The van der Waals surface area contributed by atoms with E-state index in [4.69, 9.17) is 14.7 Å². The van der Waals surface area contributed by atoms with Crippen LogP contribution >= 0.6 is 0 Å². The number of pyridine rings is 1. The van der Waals surface area contributed by atoms with E-state index in [2.05, 4.69) is 20.5 Å². The highest BCUT2D eigenvalue weighted by atomic mass is 16.5. The van der Waals surface area contributed by atoms with Gasteiger partial charge in [-0.05, 0) is 25.0 Å². The van der Waals surface area contributed by atoms with Gasteiger partial charge in [0.05, 0.1) is 24.6 Å². The predicted octanol–water partition coefficient (Wildman–Crippen LogP) is 3.03. The Bertz CT molecular complexity index is 729. The third-order valence-corrected chi connectivity index (χ3v) is 5.43. The van der Waals surface area contributed by atoms with Gasteiger partial charge in [-0.25, -0.2) is 4.98 Å². The lowest BCUT2D eigenvalue weighted by Crippen LogP contribution is -2.39. The normalized spacial score (nSPS) is 18.7. The third-order valence-electron chi connectivity index (χ3n) is 5.43. The number of anilines is 2. The number of morpholine rings is 1. The summed E-state index contributed by atoms with van der Waals surface area (Å²) in [4.78, 5) is 16.4. The second-order valence-electron chi connectivity index (χ2n) is 7.54. The minimum absolute atomic E-state index is 0.467. The smallest absolute Gasteiger partial charge is 0.225 e. The van der Waals surface area contributed by atoms with E-state index in [1.807, 2.05) is 24.3 Å². The predicted molar refractivity (Wildman–Crippen MR) is 112 cm³/mol. The molecule has 150 valence electrons. The molecule has 0 radical (unpaired) electrons. The number of ether oxygens (including phenoxy) is 1. The van der Waals surface area contributed by atoms with Crippen LogP contribution in [-0.2, 0) is 4.74 Å². The molecule has 1 saturated heterocycles. The van der Waals surface area contributed by atoms with Gasteiger partial charge in [-0.1, -0.05) is 25.3 Å². The minimum atomic E-state index is 0.467. The summed E-state index contributed by atoms with van der Waals surface area (Å²) in [5, 5.41) is 7.03. The first-order chi connectivity index (χ1) is 13.9. The molecule has 0 unspecified atom stereocenters. The van der Waals surface area contributed by atoms with Crippen molar-refractivity contribution in [2.24, 2.45) is 0 Å². The maximum atomic E-state index is 5.42. The number of nitrogens with one attached hydrogen (secondary N) is 2. The van der Waals surface area contributed by atoms with E-state index in [0.717, 1.165) is 56.6 Å². The summed E-state index contributed by atoms with van der Waals surface area (Å²) in [7, 11) is 0. The molecule has 1 aliphatic carbocycles. The van der Waals surface area contributed by atoms with E-state index in [1.54, 1.807) is 6.20 Å². The average molecular weight is 383 g/mol. The molecule has 4 rings (SSSR count). The molecule has 7 nitrogen and oxygen atoms in total. The van der Waals surface area contributed by atoms with Crippen molar-refractivity contribution in [1.82, 2.24) is 19.9 Å². The Balaban J connectivity index is 1.46. The number of hydrogen-bond donors (Lipinski definition) is 2. The van der Waals surface area contributed by atoms with Crippen LogP contribution in [0, 0.1) is 0 Å². The first-order valence-corrected chi connectivity index (χ1v) is 10.5. The van der Waals surface area contributed by atoms with Gasteiger partial charge in [0.2, 0.25) is 5.95 Å². The van der Waals surface area contributed by atoms with Crippen molar-refractivity contribution in [2.45, 2.75) is 38.1 Å². The van der Waals surface area contributed by atoms with Crippen molar-refractivity contribution in [3.63, 3.8) is 0 Å². The summed E-state index contributed by atoms with van der Waals surface area (Å²) in [6.07, 6.45) is 8.08. The van der Waals surface area contributed by atoms with Gasteiger partial charge in [0, 0.05) is 44.5 Å². The zero-order valence-corrected chi connectivity index (χ0v) is 16.4. The molecule has 0 spiro atoms. The average Bonchev–Trinajstić information content (AvgIpc) is 2.76. The number of hydrogen-bond acceptors (Lipinski definition) is 7.